The summed E-state index contributed by atoms with van der Waals surface area (Å²) in [6.45, 7) is 5.74. The molecule has 1 nitrogen and oxygen atoms in total. The minimum Gasteiger partial charge on any atom is -0.192 e. The maximum absolute atomic E-state index is 8.57. The molecule has 1 aromatic rings. The molecule has 0 fully saturated rings. The highest BCUT2D eigenvalue weighted by Crippen LogP contribution is 2.12. The molecule has 12 heavy (non-hydrogen) atoms. The van der Waals surface area contributed by atoms with Crippen molar-refractivity contribution in [2.45, 2.75) is 13.3 Å². The van der Waals surface area contributed by atoms with E-state index in [2.05, 4.69) is 13.5 Å². The molecule has 0 amide bonds. The minimum absolute atomic E-state index is 0.526. The van der Waals surface area contributed by atoms with Crippen molar-refractivity contribution < 1.29 is 0 Å². The summed E-state index contributed by atoms with van der Waals surface area (Å²) in [6, 6.07) is 9.95. The van der Waals surface area contributed by atoms with Crippen LogP contribution in [0.4, 0.5) is 0 Å². The summed E-state index contributed by atoms with van der Waals surface area (Å²) in [5.41, 5.74) is 2.72. The van der Waals surface area contributed by atoms with E-state index in [9.17, 15) is 0 Å². The first-order chi connectivity index (χ1) is 5.77. The summed E-state index contributed by atoms with van der Waals surface area (Å²) < 4.78 is 0. The molecule has 1 rings (SSSR count). The molecule has 0 aromatic heterocycles. The fourth-order valence-electron chi connectivity index (χ4n) is 1.01. The molecular weight excluding hydrogens is 146 g/mol. The summed E-state index contributed by atoms with van der Waals surface area (Å²) in [5, 5.41) is 8.57. The number of allylic oxidation sites excluding steroid dienone is 1. The average molecular weight is 157 g/mol. The molecule has 0 spiro atoms. The first-order valence-electron chi connectivity index (χ1n) is 3.96. The third-order valence-electron chi connectivity index (χ3n) is 1.85. The Balaban J connectivity index is 2.94. The van der Waals surface area contributed by atoms with E-state index in [1.807, 2.05) is 30.3 Å². The van der Waals surface area contributed by atoms with E-state index in [1.54, 1.807) is 0 Å². The topological polar surface area (TPSA) is 23.8 Å². The van der Waals surface area contributed by atoms with E-state index in [0.29, 0.717) is 5.57 Å². The number of nitrogens with zero attached hydrogens (tertiary/aromatic N) is 1. The van der Waals surface area contributed by atoms with Crippen molar-refractivity contribution in [3.05, 3.63) is 42.0 Å². The van der Waals surface area contributed by atoms with Gasteiger partial charge in [-0.05, 0) is 17.5 Å². The van der Waals surface area contributed by atoms with Crippen molar-refractivity contribution in [3.63, 3.8) is 0 Å². The molecule has 0 aliphatic rings. The Morgan fingerprint density at radius 3 is 2.42 bits per heavy atom. The van der Waals surface area contributed by atoms with Gasteiger partial charge in [-0.1, -0.05) is 37.8 Å². The number of benzene rings is 1. The molecule has 60 valence electrons. The van der Waals surface area contributed by atoms with E-state index in [1.165, 1.54) is 5.56 Å². The summed E-state index contributed by atoms with van der Waals surface area (Å²) in [5.74, 6) is 0. The Morgan fingerprint density at radius 1 is 1.42 bits per heavy atom. The van der Waals surface area contributed by atoms with Crippen LogP contribution in [0.2, 0.25) is 0 Å². The van der Waals surface area contributed by atoms with Gasteiger partial charge in [-0.25, -0.2) is 0 Å². The second-order valence-corrected chi connectivity index (χ2v) is 2.64. The van der Waals surface area contributed by atoms with Crippen LogP contribution >= 0.6 is 0 Å². The van der Waals surface area contributed by atoms with Crippen LogP contribution in [0.3, 0.4) is 0 Å². The van der Waals surface area contributed by atoms with Crippen LogP contribution in [0.25, 0.3) is 5.57 Å². The SMILES string of the molecule is C=C(C#N)c1ccc(CC)cc1. The molecule has 0 aliphatic carbocycles. The van der Waals surface area contributed by atoms with Crippen molar-refractivity contribution in [3.8, 4) is 6.07 Å². The summed E-state index contributed by atoms with van der Waals surface area (Å²) in [6.07, 6.45) is 1.03. The van der Waals surface area contributed by atoms with E-state index in [4.69, 9.17) is 5.26 Å². The molecule has 1 heteroatoms. The number of aryl methyl sites for hydroxylation is 1. The largest absolute Gasteiger partial charge is 0.192 e. The van der Waals surface area contributed by atoms with Crippen LogP contribution < -0.4 is 0 Å². The lowest BCUT2D eigenvalue weighted by atomic mass is 10.1. The van der Waals surface area contributed by atoms with Gasteiger partial charge in [-0.3, -0.25) is 0 Å². The quantitative estimate of drug-likeness (QED) is 0.605. The van der Waals surface area contributed by atoms with Gasteiger partial charge in [0, 0.05) is 0 Å². The average Bonchev–Trinajstić information content (AvgIpc) is 2.17. The van der Waals surface area contributed by atoms with Gasteiger partial charge in [-0.2, -0.15) is 5.26 Å². The third kappa shape index (κ3) is 1.73. The van der Waals surface area contributed by atoms with E-state index in [0.717, 1.165) is 12.0 Å². The molecule has 0 saturated heterocycles. The lowest BCUT2D eigenvalue weighted by Gasteiger charge is -1.98. The highest BCUT2D eigenvalue weighted by Gasteiger charge is 1.95. The molecule has 0 bridgehead atoms. The molecule has 0 N–H and O–H groups in total. The second kappa shape index (κ2) is 3.73. The third-order valence-corrected chi connectivity index (χ3v) is 1.85. The zero-order valence-corrected chi connectivity index (χ0v) is 7.17. The van der Waals surface area contributed by atoms with E-state index >= 15 is 0 Å². The van der Waals surface area contributed by atoms with Gasteiger partial charge in [0.15, 0.2) is 0 Å². The van der Waals surface area contributed by atoms with E-state index < -0.39 is 0 Å². The van der Waals surface area contributed by atoms with Gasteiger partial charge in [0.1, 0.15) is 0 Å². The predicted molar refractivity (Wildman–Crippen MR) is 50.5 cm³/mol. The van der Waals surface area contributed by atoms with Crippen molar-refractivity contribution in [2.75, 3.05) is 0 Å². The van der Waals surface area contributed by atoms with Crippen molar-refractivity contribution in [1.82, 2.24) is 0 Å². The van der Waals surface area contributed by atoms with Gasteiger partial charge in [0.25, 0.3) is 0 Å². The van der Waals surface area contributed by atoms with Gasteiger partial charge in [0.2, 0.25) is 0 Å². The Kier molecular flexibility index (Phi) is 2.66. The summed E-state index contributed by atoms with van der Waals surface area (Å²) in [7, 11) is 0. The second-order valence-electron chi connectivity index (χ2n) is 2.64. The predicted octanol–water partition coefficient (Wildman–Crippen LogP) is 2.79. The van der Waals surface area contributed by atoms with Crippen LogP contribution in [0.15, 0.2) is 30.8 Å². The van der Waals surface area contributed by atoms with Crippen LogP contribution in [0, 0.1) is 11.3 Å². The monoisotopic (exact) mass is 157 g/mol. The number of hydrogen-bond acceptors (Lipinski definition) is 1. The molecule has 0 atom stereocenters. The van der Waals surface area contributed by atoms with Crippen LogP contribution in [0.1, 0.15) is 18.1 Å². The van der Waals surface area contributed by atoms with Crippen molar-refractivity contribution >= 4 is 5.57 Å². The first kappa shape index (κ1) is 8.55. The Morgan fingerprint density at radius 2 is 2.00 bits per heavy atom. The molecule has 1 aromatic carbocycles. The summed E-state index contributed by atoms with van der Waals surface area (Å²) >= 11 is 0. The van der Waals surface area contributed by atoms with Gasteiger partial charge in [0.05, 0.1) is 11.6 Å². The van der Waals surface area contributed by atoms with Crippen LogP contribution in [-0.4, -0.2) is 0 Å². The van der Waals surface area contributed by atoms with Gasteiger partial charge >= 0.3 is 0 Å². The fourth-order valence-corrected chi connectivity index (χ4v) is 1.01. The normalized spacial score (nSPS) is 9.00. The standard InChI is InChI=1S/C11H11N/c1-3-10-4-6-11(7-5-10)9(2)8-12/h4-7H,2-3H2,1H3. The Labute approximate surface area is 73.0 Å². The van der Waals surface area contributed by atoms with E-state index in [-0.39, 0.29) is 0 Å². The van der Waals surface area contributed by atoms with Crippen molar-refractivity contribution in [2.24, 2.45) is 0 Å². The van der Waals surface area contributed by atoms with Crippen molar-refractivity contribution in [1.29, 1.82) is 5.26 Å². The molecule has 0 saturated carbocycles. The molecule has 0 heterocycles. The van der Waals surface area contributed by atoms with Crippen LogP contribution in [0.5, 0.6) is 0 Å². The number of nitriles is 1. The molecular formula is C11H11N. The zero-order valence-electron chi connectivity index (χ0n) is 7.17. The first-order valence-corrected chi connectivity index (χ1v) is 3.96. The summed E-state index contributed by atoms with van der Waals surface area (Å²) in [4.78, 5) is 0. The smallest absolute Gasteiger partial charge is 0.0991 e. The maximum atomic E-state index is 8.57. The lowest BCUT2D eigenvalue weighted by Crippen LogP contribution is -1.82. The van der Waals surface area contributed by atoms with Gasteiger partial charge < -0.3 is 0 Å². The van der Waals surface area contributed by atoms with Crippen LogP contribution in [-0.2, 0) is 6.42 Å². The fraction of sp³-hybridized carbons (Fsp3) is 0.182. The molecule has 0 unspecified atom stereocenters. The maximum Gasteiger partial charge on any atom is 0.0991 e. The Hall–Kier alpha value is -1.55. The lowest BCUT2D eigenvalue weighted by molar-refractivity contribution is 1.14. The number of rotatable bonds is 2. The molecule has 0 radical (unpaired) electrons. The zero-order chi connectivity index (χ0) is 8.97. The highest BCUT2D eigenvalue weighted by molar-refractivity contribution is 5.74. The minimum atomic E-state index is 0.526. The number of hydrogen-bond donors (Lipinski definition) is 0. The molecule has 0 aliphatic heterocycles. The Bertz CT molecular complexity index is 314. The highest BCUT2D eigenvalue weighted by atomic mass is 14.2. The van der Waals surface area contributed by atoms with Gasteiger partial charge in [-0.15, -0.1) is 0 Å².